The number of hydrogen-bond donors (Lipinski definition) is 0. The van der Waals surface area contributed by atoms with E-state index in [-0.39, 0.29) is 11.4 Å². The molecule has 0 bridgehead atoms. The van der Waals surface area contributed by atoms with Crippen LogP contribution in [0.2, 0.25) is 5.02 Å². The molecule has 164 valence electrons. The first-order chi connectivity index (χ1) is 15.4. The third-order valence-electron chi connectivity index (χ3n) is 4.68. The Labute approximate surface area is 194 Å². The lowest BCUT2D eigenvalue weighted by atomic mass is 10.2. The molecule has 2 heterocycles. The zero-order valence-corrected chi connectivity index (χ0v) is 19.3. The summed E-state index contributed by atoms with van der Waals surface area (Å²) in [5.41, 5.74) is 1.24. The highest BCUT2D eigenvalue weighted by molar-refractivity contribution is 7.92. The van der Waals surface area contributed by atoms with Gasteiger partial charge < -0.3 is 4.74 Å². The Morgan fingerprint density at radius 1 is 1.12 bits per heavy atom. The number of methoxy groups -OCH3 is 1. The topological polar surface area (TPSA) is 89.5 Å². The van der Waals surface area contributed by atoms with Crippen molar-refractivity contribution in [2.45, 2.75) is 11.4 Å². The second-order valence-corrected chi connectivity index (χ2v) is 10.2. The van der Waals surface area contributed by atoms with Crippen molar-refractivity contribution in [3.05, 3.63) is 77.6 Å². The molecule has 0 unspecified atom stereocenters. The van der Waals surface area contributed by atoms with E-state index in [2.05, 4.69) is 9.97 Å². The van der Waals surface area contributed by atoms with Crippen molar-refractivity contribution in [2.75, 3.05) is 17.8 Å². The van der Waals surface area contributed by atoms with Crippen molar-refractivity contribution in [2.24, 2.45) is 0 Å². The largest absolute Gasteiger partial charge is 0.494 e. The van der Waals surface area contributed by atoms with Crippen molar-refractivity contribution in [1.29, 1.82) is 0 Å². The number of anilines is 1. The summed E-state index contributed by atoms with van der Waals surface area (Å²) in [5.74, 6) is -0.789. The number of halogens is 1. The maximum atomic E-state index is 13.3. The third kappa shape index (κ3) is 4.59. The number of ether oxygens (including phenoxy) is 1. The monoisotopic (exact) mass is 487 g/mol. The zero-order chi connectivity index (χ0) is 22.7. The third-order valence-corrected chi connectivity index (χ3v) is 7.83. The summed E-state index contributed by atoms with van der Waals surface area (Å²) in [6.07, 6.45) is 3.24. The molecule has 0 aliphatic heterocycles. The Morgan fingerprint density at radius 3 is 2.59 bits per heavy atom. The molecule has 10 heteroatoms. The normalized spacial score (nSPS) is 11.4. The molecule has 0 spiro atoms. The number of benzene rings is 2. The van der Waals surface area contributed by atoms with E-state index in [0.717, 1.165) is 5.56 Å². The number of sulfone groups is 1. The van der Waals surface area contributed by atoms with Crippen LogP contribution in [0.3, 0.4) is 0 Å². The molecule has 4 aromatic rings. The molecule has 0 fully saturated rings. The molecular formula is C22H18ClN3O4S2. The molecule has 32 heavy (non-hydrogen) atoms. The smallest absolute Gasteiger partial charge is 0.244 e. The quantitative estimate of drug-likeness (QED) is 0.384. The molecule has 2 aromatic carbocycles. The summed E-state index contributed by atoms with van der Waals surface area (Å²) in [7, 11) is -2.32. The van der Waals surface area contributed by atoms with Crippen LogP contribution in [-0.2, 0) is 21.2 Å². The molecule has 0 saturated heterocycles. The van der Waals surface area contributed by atoms with Gasteiger partial charge >= 0.3 is 0 Å². The maximum Gasteiger partial charge on any atom is 0.244 e. The van der Waals surface area contributed by atoms with Crippen LogP contribution in [0.1, 0.15) is 5.56 Å². The molecule has 0 N–H and O–H groups in total. The molecular weight excluding hydrogens is 470 g/mol. The molecule has 1 amide bonds. The van der Waals surface area contributed by atoms with Gasteiger partial charge in [0.15, 0.2) is 15.0 Å². The van der Waals surface area contributed by atoms with Gasteiger partial charge in [-0.1, -0.05) is 47.2 Å². The SMILES string of the molecule is COc1ccc(Cl)c2sc(N(Cc3cccnc3)C(=O)CS(=O)(=O)c3ccccc3)nc12. The van der Waals surface area contributed by atoms with Gasteiger partial charge in [-0.3, -0.25) is 14.7 Å². The summed E-state index contributed by atoms with van der Waals surface area (Å²) in [4.78, 5) is 23.4. The Hall–Kier alpha value is -3.01. The van der Waals surface area contributed by atoms with Crippen LogP contribution in [0, 0.1) is 0 Å². The fourth-order valence-electron chi connectivity index (χ4n) is 3.11. The number of carbonyl (C=O) groups is 1. The second-order valence-electron chi connectivity index (χ2n) is 6.84. The lowest BCUT2D eigenvalue weighted by Gasteiger charge is -2.20. The Kier molecular flexibility index (Phi) is 6.40. The Balaban J connectivity index is 1.75. The first kappa shape index (κ1) is 22.2. The van der Waals surface area contributed by atoms with Gasteiger partial charge in [0.25, 0.3) is 0 Å². The van der Waals surface area contributed by atoms with Gasteiger partial charge in [0.1, 0.15) is 17.0 Å². The van der Waals surface area contributed by atoms with E-state index >= 15 is 0 Å². The van der Waals surface area contributed by atoms with Crippen molar-refractivity contribution >= 4 is 54.0 Å². The van der Waals surface area contributed by atoms with Crippen LogP contribution in [0.25, 0.3) is 10.2 Å². The molecule has 0 atom stereocenters. The van der Waals surface area contributed by atoms with Crippen LogP contribution < -0.4 is 9.64 Å². The molecule has 4 rings (SSSR count). The minimum absolute atomic E-state index is 0.0868. The lowest BCUT2D eigenvalue weighted by molar-refractivity contribution is -0.116. The number of carbonyl (C=O) groups excluding carboxylic acids is 1. The van der Waals surface area contributed by atoms with Gasteiger partial charge in [0.2, 0.25) is 5.91 Å². The number of fused-ring (bicyclic) bond motifs is 1. The summed E-state index contributed by atoms with van der Waals surface area (Å²) < 4.78 is 31.7. The number of aromatic nitrogens is 2. The van der Waals surface area contributed by atoms with Gasteiger partial charge in [-0.15, -0.1) is 0 Å². The van der Waals surface area contributed by atoms with E-state index in [4.69, 9.17) is 16.3 Å². The van der Waals surface area contributed by atoms with E-state index in [9.17, 15) is 13.2 Å². The van der Waals surface area contributed by atoms with Crippen molar-refractivity contribution in [3.8, 4) is 5.75 Å². The van der Waals surface area contributed by atoms with E-state index in [1.807, 2.05) is 0 Å². The number of nitrogens with zero attached hydrogens (tertiary/aromatic N) is 3. The number of pyridine rings is 1. The summed E-state index contributed by atoms with van der Waals surface area (Å²) in [5, 5.41) is 0.791. The molecule has 0 aliphatic carbocycles. The van der Waals surface area contributed by atoms with Crippen LogP contribution in [-0.4, -0.2) is 37.2 Å². The number of hydrogen-bond acceptors (Lipinski definition) is 7. The van der Waals surface area contributed by atoms with E-state index in [0.29, 0.717) is 26.1 Å². The van der Waals surface area contributed by atoms with Crippen molar-refractivity contribution < 1.29 is 17.9 Å². The summed E-state index contributed by atoms with van der Waals surface area (Å²) in [6, 6.07) is 14.8. The highest BCUT2D eigenvalue weighted by atomic mass is 35.5. The van der Waals surface area contributed by atoms with Gasteiger partial charge in [0, 0.05) is 12.4 Å². The molecule has 0 aliphatic rings. The highest BCUT2D eigenvalue weighted by Gasteiger charge is 2.27. The molecule has 2 aromatic heterocycles. The fourth-order valence-corrected chi connectivity index (χ4v) is 5.60. The van der Waals surface area contributed by atoms with Gasteiger partial charge in [-0.2, -0.15) is 0 Å². The fraction of sp³-hybridized carbons (Fsp3) is 0.136. The standard InChI is InChI=1S/C22H18ClN3O4S2/c1-30-18-10-9-17(23)21-20(18)25-22(31-21)26(13-15-6-5-11-24-12-15)19(27)14-32(28,29)16-7-3-2-4-8-16/h2-12H,13-14H2,1H3. The predicted molar refractivity (Wildman–Crippen MR) is 125 cm³/mol. The second kappa shape index (κ2) is 9.23. The first-order valence-electron chi connectivity index (χ1n) is 9.49. The predicted octanol–water partition coefficient (Wildman–Crippen LogP) is 4.36. The summed E-state index contributed by atoms with van der Waals surface area (Å²) in [6.45, 7) is 0.108. The number of thiazole rings is 1. The van der Waals surface area contributed by atoms with Crippen LogP contribution in [0.15, 0.2) is 71.9 Å². The highest BCUT2D eigenvalue weighted by Crippen LogP contribution is 2.39. The molecule has 7 nitrogen and oxygen atoms in total. The molecule has 0 saturated carbocycles. The summed E-state index contributed by atoms with van der Waals surface area (Å²) >= 11 is 7.53. The first-order valence-corrected chi connectivity index (χ1v) is 12.3. The van der Waals surface area contributed by atoms with Crippen LogP contribution >= 0.6 is 22.9 Å². The molecule has 0 radical (unpaired) electrons. The van der Waals surface area contributed by atoms with Crippen LogP contribution in [0.4, 0.5) is 5.13 Å². The average Bonchev–Trinajstić information content (AvgIpc) is 3.25. The minimum atomic E-state index is -3.84. The number of rotatable bonds is 7. The van der Waals surface area contributed by atoms with Crippen molar-refractivity contribution in [3.63, 3.8) is 0 Å². The van der Waals surface area contributed by atoms with Gasteiger partial charge in [-0.05, 0) is 35.9 Å². The van der Waals surface area contributed by atoms with Gasteiger partial charge in [0.05, 0.1) is 28.3 Å². The van der Waals surface area contributed by atoms with Crippen molar-refractivity contribution in [1.82, 2.24) is 9.97 Å². The van der Waals surface area contributed by atoms with E-state index < -0.39 is 21.5 Å². The zero-order valence-electron chi connectivity index (χ0n) is 16.9. The Bertz CT molecular complexity index is 1360. The minimum Gasteiger partial charge on any atom is -0.494 e. The van der Waals surface area contributed by atoms with Gasteiger partial charge in [-0.25, -0.2) is 13.4 Å². The lowest BCUT2D eigenvalue weighted by Crippen LogP contribution is -2.35. The van der Waals surface area contributed by atoms with Crippen LogP contribution in [0.5, 0.6) is 5.75 Å². The number of amides is 1. The van der Waals surface area contributed by atoms with E-state index in [1.165, 1.54) is 35.5 Å². The Morgan fingerprint density at radius 2 is 1.91 bits per heavy atom. The average molecular weight is 488 g/mol. The maximum absolute atomic E-state index is 13.3. The van der Waals surface area contributed by atoms with E-state index in [1.54, 1.807) is 54.9 Å².